The number of hydrogen-bond donors (Lipinski definition) is 1. The van der Waals surface area contributed by atoms with E-state index in [0.717, 1.165) is 17.2 Å². The Morgan fingerprint density at radius 2 is 1.67 bits per heavy atom. The normalized spacial score (nSPS) is 18.9. The molecule has 0 unspecified atom stereocenters. The Bertz CT molecular complexity index is 1180. The minimum Gasteiger partial charge on any atom is -0.394 e. The quantitative estimate of drug-likeness (QED) is 0.381. The van der Waals surface area contributed by atoms with Gasteiger partial charge in [0.05, 0.1) is 19.3 Å². The zero-order valence-electron chi connectivity index (χ0n) is 20.2. The molecule has 1 fully saturated rings. The van der Waals surface area contributed by atoms with Crippen molar-refractivity contribution in [2.24, 2.45) is 0 Å². The van der Waals surface area contributed by atoms with Crippen LogP contribution in [0.3, 0.4) is 0 Å². The van der Waals surface area contributed by atoms with E-state index in [-0.39, 0.29) is 37.4 Å². The summed E-state index contributed by atoms with van der Waals surface area (Å²) < 4.78 is 46.5. The van der Waals surface area contributed by atoms with Crippen LogP contribution in [0.2, 0.25) is 0 Å². The fourth-order valence-corrected chi connectivity index (χ4v) is 5.03. The Morgan fingerprint density at radius 1 is 0.972 bits per heavy atom. The fourth-order valence-electron chi connectivity index (χ4n) is 5.03. The van der Waals surface area contributed by atoms with E-state index < -0.39 is 17.0 Å². The summed E-state index contributed by atoms with van der Waals surface area (Å²) in [5.41, 5.74) is 2.29. The lowest BCUT2D eigenvalue weighted by Gasteiger charge is -2.44. The standard InChI is InChI=1S/C29H30F3NO3/c1-20(21-2-4-22(5-3-21)26-11-10-25(31)18-27(26)32)33-14-12-29(19-28(33)35,13-16-36-17-15-34)23-6-8-24(30)9-7-23/h2-11,18,20,34H,12-17,19H2,1H3/t20-,29+/m0/s1. The Morgan fingerprint density at radius 3 is 2.31 bits per heavy atom. The fraction of sp³-hybridized carbons (Fsp3) is 0.345. The molecule has 2 atom stereocenters. The second-order valence-corrected chi connectivity index (χ2v) is 9.31. The maximum absolute atomic E-state index is 14.2. The van der Waals surface area contributed by atoms with Gasteiger partial charge in [-0.2, -0.15) is 0 Å². The second kappa shape index (κ2) is 11.3. The number of ether oxygens (including phenoxy) is 1. The SMILES string of the molecule is C[C@@H](c1ccc(-c2ccc(F)cc2F)cc1)N1CC[C@](CCOCCO)(c2ccc(F)cc2)CC1=O. The zero-order chi connectivity index (χ0) is 25.7. The van der Waals surface area contributed by atoms with Crippen LogP contribution in [0.25, 0.3) is 11.1 Å². The van der Waals surface area contributed by atoms with Gasteiger partial charge in [-0.1, -0.05) is 36.4 Å². The molecule has 1 aliphatic rings. The molecule has 4 nitrogen and oxygen atoms in total. The molecule has 3 aromatic rings. The molecule has 36 heavy (non-hydrogen) atoms. The summed E-state index contributed by atoms with van der Waals surface area (Å²) in [6, 6.07) is 16.9. The Kier molecular flexibility index (Phi) is 8.11. The highest BCUT2D eigenvalue weighted by Gasteiger charge is 2.41. The van der Waals surface area contributed by atoms with Gasteiger partial charge in [0.2, 0.25) is 5.91 Å². The molecule has 1 aliphatic heterocycles. The monoisotopic (exact) mass is 497 g/mol. The van der Waals surface area contributed by atoms with Crippen LogP contribution in [-0.2, 0) is 14.9 Å². The third kappa shape index (κ3) is 5.63. The van der Waals surface area contributed by atoms with Gasteiger partial charge in [0, 0.05) is 36.6 Å². The van der Waals surface area contributed by atoms with Gasteiger partial charge in [0.25, 0.3) is 0 Å². The van der Waals surface area contributed by atoms with Gasteiger partial charge in [-0.3, -0.25) is 4.79 Å². The number of benzene rings is 3. The molecule has 4 rings (SSSR count). The Labute approximate surface area is 209 Å². The van der Waals surface area contributed by atoms with Crippen LogP contribution in [0, 0.1) is 17.5 Å². The topological polar surface area (TPSA) is 49.8 Å². The van der Waals surface area contributed by atoms with Crippen LogP contribution in [-0.4, -0.2) is 42.3 Å². The number of amides is 1. The van der Waals surface area contributed by atoms with Crippen LogP contribution in [0.5, 0.6) is 0 Å². The third-order valence-electron chi connectivity index (χ3n) is 7.16. The number of halogens is 3. The van der Waals surface area contributed by atoms with Crippen LogP contribution in [0.15, 0.2) is 66.7 Å². The van der Waals surface area contributed by atoms with Crippen molar-refractivity contribution in [1.29, 1.82) is 0 Å². The molecule has 0 spiro atoms. The molecule has 7 heteroatoms. The van der Waals surface area contributed by atoms with E-state index in [4.69, 9.17) is 9.84 Å². The first-order valence-corrected chi connectivity index (χ1v) is 12.1. The summed E-state index contributed by atoms with van der Waals surface area (Å²) in [7, 11) is 0. The molecule has 1 heterocycles. The molecule has 0 saturated carbocycles. The lowest BCUT2D eigenvalue weighted by Crippen LogP contribution is -2.47. The van der Waals surface area contributed by atoms with Gasteiger partial charge < -0.3 is 14.7 Å². The van der Waals surface area contributed by atoms with Crippen LogP contribution >= 0.6 is 0 Å². The van der Waals surface area contributed by atoms with Gasteiger partial charge in [0.1, 0.15) is 17.5 Å². The molecule has 190 valence electrons. The first kappa shape index (κ1) is 25.9. The van der Waals surface area contributed by atoms with E-state index in [0.29, 0.717) is 37.1 Å². The van der Waals surface area contributed by atoms with Gasteiger partial charge in [-0.05, 0) is 60.7 Å². The predicted octanol–water partition coefficient (Wildman–Crippen LogP) is 5.79. The molecular formula is C29H30F3NO3. The van der Waals surface area contributed by atoms with Crippen molar-refractivity contribution in [3.8, 4) is 11.1 Å². The molecule has 1 amide bonds. The smallest absolute Gasteiger partial charge is 0.223 e. The number of likely N-dealkylation sites (tertiary alicyclic amines) is 1. The molecule has 3 aromatic carbocycles. The summed E-state index contributed by atoms with van der Waals surface area (Å²) in [5.74, 6) is -1.58. The highest BCUT2D eigenvalue weighted by Crippen LogP contribution is 2.41. The number of aliphatic hydroxyl groups is 1. The Balaban J connectivity index is 1.50. The van der Waals surface area contributed by atoms with Crippen molar-refractivity contribution >= 4 is 5.91 Å². The van der Waals surface area contributed by atoms with E-state index in [1.165, 1.54) is 24.3 Å². The van der Waals surface area contributed by atoms with Crippen LogP contribution in [0.4, 0.5) is 13.2 Å². The highest BCUT2D eigenvalue weighted by atomic mass is 19.1. The first-order chi connectivity index (χ1) is 17.3. The molecular weight excluding hydrogens is 467 g/mol. The largest absolute Gasteiger partial charge is 0.394 e. The predicted molar refractivity (Wildman–Crippen MR) is 132 cm³/mol. The number of rotatable bonds is 9. The van der Waals surface area contributed by atoms with Crippen LogP contribution in [0.1, 0.15) is 43.4 Å². The minimum absolute atomic E-state index is 0.00566. The third-order valence-corrected chi connectivity index (χ3v) is 7.16. The number of aliphatic hydroxyl groups excluding tert-OH is 1. The lowest BCUT2D eigenvalue weighted by atomic mass is 9.70. The summed E-state index contributed by atoms with van der Waals surface area (Å²) in [4.78, 5) is 15.2. The average molecular weight is 498 g/mol. The Hall–Kier alpha value is -3.16. The molecule has 1 N–H and O–H groups in total. The average Bonchev–Trinajstić information content (AvgIpc) is 2.87. The number of carbonyl (C=O) groups excluding carboxylic acids is 1. The zero-order valence-corrected chi connectivity index (χ0v) is 20.2. The van der Waals surface area contributed by atoms with Crippen molar-refractivity contribution in [1.82, 2.24) is 4.90 Å². The minimum atomic E-state index is -0.623. The molecule has 0 bridgehead atoms. The molecule has 0 aliphatic carbocycles. The molecule has 0 aromatic heterocycles. The summed E-state index contributed by atoms with van der Waals surface area (Å²) >= 11 is 0. The van der Waals surface area contributed by atoms with E-state index in [1.54, 1.807) is 24.3 Å². The van der Waals surface area contributed by atoms with Gasteiger partial charge in [-0.25, -0.2) is 13.2 Å². The number of carbonyl (C=O) groups is 1. The van der Waals surface area contributed by atoms with Gasteiger partial charge in [0.15, 0.2) is 0 Å². The molecule has 0 radical (unpaired) electrons. The van der Waals surface area contributed by atoms with E-state index >= 15 is 0 Å². The number of piperidine rings is 1. The summed E-state index contributed by atoms with van der Waals surface area (Å²) in [5, 5.41) is 9.01. The number of hydrogen-bond acceptors (Lipinski definition) is 3. The second-order valence-electron chi connectivity index (χ2n) is 9.31. The maximum atomic E-state index is 14.2. The molecule has 1 saturated heterocycles. The lowest BCUT2D eigenvalue weighted by molar-refractivity contribution is -0.138. The van der Waals surface area contributed by atoms with Gasteiger partial charge in [-0.15, -0.1) is 0 Å². The number of nitrogens with zero attached hydrogens (tertiary/aromatic N) is 1. The van der Waals surface area contributed by atoms with Crippen molar-refractivity contribution in [2.75, 3.05) is 26.4 Å². The summed E-state index contributed by atoms with van der Waals surface area (Å²) in [6.45, 7) is 3.03. The first-order valence-electron chi connectivity index (χ1n) is 12.1. The van der Waals surface area contributed by atoms with E-state index in [2.05, 4.69) is 0 Å². The van der Waals surface area contributed by atoms with Crippen LogP contribution < -0.4 is 0 Å². The van der Waals surface area contributed by atoms with Crippen molar-refractivity contribution < 1.29 is 27.8 Å². The van der Waals surface area contributed by atoms with E-state index in [1.807, 2.05) is 24.0 Å². The van der Waals surface area contributed by atoms with Crippen molar-refractivity contribution in [2.45, 2.75) is 37.6 Å². The van der Waals surface area contributed by atoms with Gasteiger partial charge >= 0.3 is 0 Å². The maximum Gasteiger partial charge on any atom is 0.223 e. The van der Waals surface area contributed by atoms with Crippen molar-refractivity contribution in [3.63, 3.8) is 0 Å². The highest BCUT2D eigenvalue weighted by molar-refractivity contribution is 5.79. The van der Waals surface area contributed by atoms with Crippen molar-refractivity contribution in [3.05, 3.63) is 95.3 Å². The summed E-state index contributed by atoms with van der Waals surface area (Å²) in [6.07, 6.45) is 1.55. The van der Waals surface area contributed by atoms with E-state index in [9.17, 15) is 18.0 Å².